The minimum atomic E-state index is -3.76. The molecule has 28 heavy (non-hydrogen) atoms. The minimum Gasteiger partial charge on any atom is -0.481 e. The van der Waals surface area contributed by atoms with E-state index in [1.165, 1.54) is 16.4 Å². The molecule has 1 saturated heterocycles. The molecule has 1 amide bonds. The van der Waals surface area contributed by atoms with Crippen molar-refractivity contribution < 1.29 is 27.5 Å². The first-order valence-electron chi connectivity index (χ1n) is 9.24. The first-order chi connectivity index (χ1) is 13.3. The van der Waals surface area contributed by atoms with Gasteiger partial charge in [-0.2, -0.15) is 4.31 Å². The maximum absolute atomic E-state index is 13.1. The summed E-state index contributed by atoms with van der Waals surface area (Å²) in [5.74, 6) is -3.11. The van der Waals surface area contributed by atoms with Gasteiger partial charge in [-0.3, -0.25) is 9.59 Å². The molecule has 1 aromatic carbocycles. The van der Waals surface area contributed by atoms with Crippen LogP contribution in [-0.2, 0) is 19.6 Å². The number of rotatable bonds is 4. The van der Waals surface area contributed by atoms with Gasteiger partial charge in [0.2, 0.25) is 15.9 Å². The number of allylic oxidation sites excluding steroid dienone is 2. The standard InChI is InChI=1S/C19H21FN2O5S/c20-14-3-5-15(6-4-14)28(26,27)22-9-7-21(8-10-22)18(23)16-12-1-2-13(11-12)17(16)19(24)25/h1-6,12-13,16-17H,7-11H2,(H,24,25)/t12-,13-,16-,17+/m0/s1. The van der Waals surface area contributed by atoms with Crippen molar-refractivity contribution in [3.05, 3.63) is 42.2 Å². The predicted molar refractivity (Wildman–Crippen MR) is 97.1 cm³/mol. The van der Waals surface area contributed by atoms with Crippen LogP contribution in [-0.4, -0.2) is 60.8 Å². The van der Waals surface area contributed by atoms with Crippen molar-refractivity contribution in [2.24, 2.45) is 23.7 Å². The number of carboxylic acid groups (broad SMARTS) is 1. The molecule has 1 saturated carbocycles. The number of hydrogen-bond donors (Lipinski definition) is 1. The normalized spacial score (nSPS) is 30.0. The zero-order chi connectivity index (χ0) is 20.1. The smallest absolute Gasteiger partial charge is 0.307 e. The number of sulfonamides is 1. The van der Waals surface area contributed by atoms with Gasteiger partial charge in [-0.05, 0) is 42.5 Å². The van der Waals surface area contributed by atoms with E-state index in [1.807, 2.05) is 12.2 Å². The number of nitrogens with zero attached hydrogens (tertiary/aromatic N) is 2. The highest BCUT2D eigenvalue weighted by molar-refractivity contribution is 7.89. The van der Waals surface area contributed by atoms with Crippen LogP contribution in [0.5, 0.6) is 0 Å². The van der Waals surface area contributed by atoms with E-state index in [2.05, 4.69) is 0 Å². The Morgan fingerprint density at radius 3 is 2.11 bits per heavy atom. The molecule has 0 spiro atoms. The van der Waals surface area contributed by atoms with E-state index in [-0.39, 0.29) is 48.8 Å². The Morgan fingerprint density at radius 2 is 1.54 bits per heavy atom. The molecule has 1 aromatic rings. The van der Waals surface area contributed by atoms with E-state index in [4.69, 9.17) is 0 Å². The third-order valence-electron chi connectivity index (χ3n) is 6.03. The van der Waals surface area contributed by atoms with Crippen LogP contribution >= 0.6 is 0 Å². The number of aliphatic carboxylic acids is 1. The van der Waals surface area contributed by atoms with Gasteiger partial charge in [0, 0.05) is 26.2 Å². The summed E-state index contributed by atoms with van der Waals surface area (Å²) in [4.78, 5) is 26.2. The number of fused-ring (bicyclic) bond motifs is 2. The van der Waals surface area contributed by atoms with Gasteiger partial charge in [0.05, 0.1) is 16.7 Å². The van der Waals surface area contributed by atoms with Crippen LogP contribution in [0.15, 0.2) is 41.3 Å². The average Bonchev–Trinajstić information content (AvgIpc) is 3.29. The minimum absolute atomic E-state index is 0.0119. The van der Waals surface area contributed by atoms with E-state index in [1.54, 1.807) is 4.90 Å². The van der Waals surface area contributed by atoms with Crippen LogP contribution in [0.4, 0.5) is 4.39 Å². The van der Waals surface area contributed by atoms with Crippen LogP contribution in [0.2, 0.25) is 0 Å². The lowest BCUT2D eigenvalue weighted by Crippen LogP contribution is -2.53. The van der Waals surface area contributed by atoms with Crippen LogP contribution in [0.25, 0.3) is 0 Å². The zero-order valence-electron chi connectivity index (χ0n) is 15.1. The van der Waals surface area contributed by atoms with Gasteiger partial charge in [-0.1, -0.05) is 12.2 Å². The average molecular weight is 408 g/mol. The predicted octanol–water partition coefficient (Wildman–Crippen LogP) is 1.18. The zero-order valence-corrected chi connectivity index (χ0v) is 15.9. The summed E-state index contributed by atoms with van der Waals surface area (Å²) in [6.45, 7) is 0.673. The Hall–Kier alpha value is -2.26. The highest BCUT2D eigenvalue weighted by Crippen LogP contribution is 2.48. The second kappa shape index (κ2) is 6.97. The maximum atomic E-state index is 13.1. The maximum Gasteiger partial charge on any atom is 0.307 e. The molecule has 1 aliphatic heterocycles. The summed E-state index contributed by atoms with van der Waals surface area (Å²) in [5, 5.41) is 9.53. The molecule has 1 N–H and O–H groups in total. The summed E-state index contributed by atoms with van der Waals surface area (Å²) in [5.41, 5.74) is 0. The first-order valence-corrected chi connectivity index (χ1v) is 10.7. The number of piperazine rings is 1. The van der Waals surface area contributed by atoms with E-state index in [0.717, 1.165) is 12.1 Å². The molecule has 2 bridgehead atoms. The number of carbonyl (C=O) groups excluding carboxylic acids is 1. The Kier molecular flexibility index (Phi) is 4.75. The van der Waals surface area contributed by atoms with Crippen LogP contribution in [0.1, 0.15) is 6.42 Å². The molecule has 3 aliphatic rings. The molecule has 0 radical (unpaired) electrons. The summed E-state index contributed by atoms with van der Waals surface area (Å²) >= 11 is 0. The van der Waals surface area contributed by atoms with Crippen molar-refractivity contribution in [3.63, 3.8) is 0 Å². The van der Waals surface area contributed by atoms with Gasteiger partial charge in [0.25, 0.3) is 0 Å². The Balaban J connectivity index is 1.44. The second-order valence-electron chi connectivity index (χ2n) is 7.52. The molecule has 4 atom stereocenters. The van der Waals surface area contributed by atoms with Crippen molar-refractivity contribution in [1.82, 2.24) is 9.21 Å². The molecule has 2 aliphatic carbocycles. The Bertz CT molecular complexity index is 922. The molecule has 0 unspecified atom stereocenters. The first kappa shape index (κ1) is 19.1. The van der Waals surface area contributed by atoms with Crippen molar-refractivity contribution in [3.8, 4) is 0 Å². The van der Waals surface area contributed by atoms with Gasteiger partial charge in [0.15, 0.2) is 0 Å². The quantitative estimate of drug-likeness (QED) is 0.755. The summed E-state index contributed by atoms with van der Waals surface area (Å²) in [6.07, 6.45) is 4.51. The number of halogens is 1. The van der Waals surface area contributed by atoms with Crippen molar-refractivity contribution in [1.29, 1.82) is 0 Å². The van der Waals surface area contributed by atoms with Crippen LogP contribution in [0.3, 0.4) is 0 Å². The van der Waals surface area contributed by atoms with Crippen LogP contribution < -0.4 is 0 Å². The number of carboxylic acids is 1. The number of benzene rings is 1. The lowest BCUT2D eigenvalue weighted by molar-refractivity contribution is -0.151. The van der Waals surface area contributed by atoms with Crippen molar-refractivity contribution >= 4 is 21.9 Å². The molecule has 9 heteroatoms. The van der Waals surface area contributed by atoms with E-state index in [0.29, 0.717) is 6.42 Å². The van der Waals surface area contributed by atoms with Gasteiger partial charge < -0.3 is 10.0 Å². The largest absolute Gasteiger partial charge is 0.481 e. The fraction of sp³-hybridized carbons (Fsp3) is 0.474. The van der Waals surface area contributed by atoms with E-state index in [9.17, 15) is 27.5 Å². The second-order valence-corrected chi connectivity index (χ2v) is 9.46. The van der Waals surface area contributed by atoms with Gasteiger partial charge in [-0.25, -0.2) is 12.8 Å². The molecular formula is C19H21FN2O5S. The molecule has 4 rings (SSSR count). The molecule has 150 valence electrons. The lowest BCUT2D eigenvalue weighted by atomic mass is 9.82. The Morgan fingerprint density at radius 1 is 0.964 bits per heavy atom. The molecular weight excluding hydrogens is 387 g/mol. The van der Waals surface area contributed by atoms with E-state index >= 15 is 0 Å². The number of hydrogen-bond acceptors (Lipinski definition) is 4. The fourth-order valence-corrected chi connectivity index (χ4v) is 6.03. The summed E-state index contributed by atoms with van der Waals surface area (Å²) in [7, 11) is -3.76. The molecule has 7 nitrogen and oxygen atoms in total. The van der Waals surface area contributed by atoms with Crippen molar-refractivity contribution in [2.75, 3.05) is 26.2 Å². The molecule has 2 fully saturated rings. The van der Waals surface area contributed by atoms with Gasteiger partial charge in [-0.15, -0.1) is 0 Å². The van der Waals surface area contributed by atoms with Gasteiger partial charge >= 0.3 is 5.97 Å². The lowest BCUT2D eigenvalue weighted by Gasteiger charge is -2.37. The number of carbonyl (C=O) groups is 2. The molecule has 1 heterocycles. The van der Waals surface area contributed by atoms with Gasteiger partial charge in [0.1, 0.15) is 5.82 Å². The topological polar surface area (TPSA) is 95.0 Å². The number of amides is 1. The highest BCUT2D eigenvalue weighted by atomic mass is 32.2. The SMILES string of the molecule is O=C(O)[C@H]1[C@@H](C(=O)N2CCN(S(=O)(=O)c3ccc(F)cc3)CC2)[C@H]2C=C[C@H]1C2. The Labute approximate surface area is 162 Å². The monoisotopic (exact) mass is 408 g/mol. The summed E-state index contributed by atoms with van der Waals surface area (Å²) in [6, 6.07) is 4.64. The fourth-order valence-electron chi connectivity index (χ4n) is 4.61. The van der Waals surface area contributed by atoms with Crippen molar-refractivity contribution in [2.45, 2.75) is 11.3 Å². The third-order valence-corrected chi connectivity index (χ3v) is 7.94. The third kappa shape index (κ3) is 3.12. The van der Waals surface area contributed by atoms with E-state index < -0.39 is 33.6 Å². The molecule has 0 aromatic heterocycles. The summed E-state index contributed by atoms with van der Waals surface area (Å²) < 4.78 is 39.7. The van der Waals surface area contributed by atoms with Crippen LogP contribution in [0, 0.1) is 29.5 Å². The highest BCUT2D eigenvalue weighted by Gasteiger charge is 2.52.